The molecule has 18 heavy (non-hydrogen) atoms. The summed E-state index contributed by atoms with van der Waals surface area (Å²) in [5, 5.41) is 4.03. The number of para-hydroxylation sites is 1. The predicted molar refractivity (Wildman–Crippen MR) is 82.3 cm³/mol. The molecule has 0 fully saturated rings. The minimum atomic E-state index is 0.282. The van der Waals surface area contributed by atoms with Crippen LogP contribution in [0, 0.1) is 5.41 Å². The molecule has 0 aliphatic heterocycles. The Morgan fingerprint density at radius 2 is 2.00 bits per heavy atom. The van der Waals surface area contributed by atoms with Crippen molar-refractivity contribution < 1.29 is 0 Å². The molecule has 0 aliphatic rings. The zero-order chi connectivity index (χ0) is 13.6. The van der Waals surface area contributed by atoms with Crippen LogP contribution in [0.4, 0.5) is 11.4 Å². The van der Waals surface area contributed by atoms with Gasteiger partial charge in [-0.3, -0.25) is 0 Å². The van der Waals surface area contributed by atoms with Gasteiger partial charge in [-0.05, 0) is 24.0 Å². The normalized spacial score (nSPS) is 11.6. The van der Waals surface area contributed by atoms with Crippen molar-refractivity contribution in [3.8, 4) is 0 Å². The molecule has 3 heteroatoms. The molecule has 0 bridgehead atoms. The number of nitrogens with two attached hydrogens (primary N) is 1. The second kappa shape index (κ2) is 6.89. The Kier molecular flexibility index (Phi) is 5.80. The van der Waals surface area contributed by atoms with Gasteiger partial charge in [-0.25, -0.2) is 0 Å². The van der Waals surface area contributed by atoms with Gasteiger partial charge in [-0.2, -0.15) is 0 Å². The fourth-order valence-electron chi connectivity index (χ4n) is 1.97. The standard InChI is InChI=1S/C15H25ClN2/c1-4-5-6-10-15(2,3)11-18-13-9-7-8-12(16)14(13)17/h7-9,18H,4-6,10-11,17H2,1-3H3. The molecule has 0 amide bonds. The highest BCUT2D eigenvalue weighted by Crippen LogP contribution is 2.29. The van der Waals surface area contributed by atoms with Crippen molar-refractivity contribution in [3.05, 3.63) is 23.2 Å². The van der Waals surface area contributed by atoms with E-state index < -0.39 is 0 Å². The average molecular weight is 269 g/mol. The van der Waals surface area contributed by atoms with E-state index in [0.717, 1.165) is 12.2 Å². The molecule has 0 saturated carbocycles. The van der Waals surface area contributed by atoms with Crippen LogP contribution in [-0.2, 0) is 0 Å². The highest BCUT2D eigenvalue weighted by atomic mass is 35.5. The molecule has 2 nitrogen and oxygen atoms in total. The Bertz CT molecular complexity index is 375. The van der Waals surface area contributed by atoms with Gasteiger partial charge in [-0.15, -0.1) is 0 Å². The topological polar surface area (TPSA) is 38.0 Å². The smallest absolute Gasteiger partial charge is 0.0739 e. The van der Waals surface area contributed by atoms with E-state index in [0.29, 0.717) is 10.7 Å². The molecule has 1 aromatic carbocycles. The number of nitrogens with one attached hydrogen (secondary N) is 1. The lowest BCUT2D eigenvalue weighted by molar-refractivity contribution is 0.342. The van der Waals surface area contributed by atoms with Crippen LogP contribution in [0.2, 0.25) is 5.02 Å². The zero-order valence-electron chi connectivity index (χ0n) is 11.7. The summed E-state index contributed by atoms with van der Waals surface area (Å²) in [4.78, 5) is 0. The fraction of sp³-hybridized carbons (Fsp3) is 0.600. The van der Waals surface area contributed by atoms with E-state index in [1.807, 2.05) is 18.2 Å². The second-order valence-corrected chi connectivity index (χ2v) is 6.08. The molecule has 0 atom stereocenters. The number of hydrogen-bond acceptors (Lipinski definition) is 2. The molecule has 0 heterocycles. The third-order valence-electron chi connectivity index (χ3n) is 3.27. The molecular weight excluding hydrogens is 244 g/mol. The van der Waals surface area contributed by atoms with Crippen molar-refractivity contribution in [1.29, 1.82) is 0 Å². The van der Waals surface area contributed by atoms with Crippen LogP contribution < -0.4 is 11.1 Å². The van der Waals surface area contributed by atoms with Crippen molar-refractivity contribution in [3.63, 3.8) is 0 Å². The Balaban J connectivity index is 2.50. The molecule has 1 aromatic rings. The molecule has 1 rings (SSSR count). The van der Waals surface area contributed by atoms with Crippen LogP contribution in [0.15, 0.2) is 18.2 Å². The van der Waals surface area contributed by atoms with E-state index in [4.69, 9.17) is 17.3 Å². The number of rotatable bonds is 7. The third kappa shape index (κ3) is 4.77. The molecule has 0 radical (unpaired) electrons. The van der Waals surface area contributed by atoms with Crippen LogP contribution in [0.1, 0.15) is 46.5 Å². The molecule has 0 spiro atoms. The fourth-order valence-corrected chi connectivity index (χ4v) is 2.14. The maximum atomic E-state index is 6.00. The second-order valence-electron chi connectivity index (χ2n) is 5.68. The highest BCUT2D eigenvalue weighted by Gasteiger charge is 2.17. The summed E-state index contributed by atoms with van der Waals surface area (Å²) in [6.45, 7) is 7.73. The Labute approximate surface area is 116 Å². The van der Waals surface area contributed by atoms with E-state index in [9.17, 15) is 0 Å². The van der Waals surface area contributed by atoms with Crippen molar-refractivity contribution >= 4 is 23.0 Å². The lowest BCUT2D eigenvalue weighted by Gasteiger charge is -2.26. The monoisotopic (exact) mass is 268 g/mol. The Hall–Kier alpha value is -0.890. The Morgan fingerprint density at radius 3 is 2.67 bits per heavy atom. The number of halogens is 1. The van der Waals surface area contributed by atoms with E-state index in [-0.39, 0.29) is 5.41 Å². The lowest BCUT2D eigenvalue weighted by atomic mass is 9.87. The molecule has 102 valence electrons. The van der Waals surface area contributed by atoms with Gasteiger partial charge in [0.25, 0.3) is 0 Å². The van der Waals surface area contributed by atoms with Gasteiger partial charge in [0.15, 0.2) is 0 Å². The first-order valence-corrected chi connectivity index (χ1v) is 7.12. The number of nitrogen functional groups attached to an aromatic ring is 1. The van der Waals surface area contributed by atoms with Gasteiger partial charge >= 0.3 is 0 Å². The number of anilines is 2. The Morgan fingerprint density at radius 1 is 1.28 bits per heavy atom. The van der Waals surface area contributed by atoms with Gasteiger partial charge in [0.05, 0.1) is 16.4 Å². The van der Waals surface area contributed by atoms with Crippen molar-refractivity contribution in [1.82, 2.24) is 0 Å². The third-order valence-corrected chi connectivity index (χ3v) is 3.60. The first-order chi connectivity index (χ1) is 8.46. The molecule has 0 saturated heterocycles. The quantitative estimate of drug-likeness (QED) is 0.543. The number of hydrogen-bond donors (Lipinski definition) is 2. The van der Waals surface area contributed by atoms with Crippen molar-refractivity contribution in [2.24, 2.45) is 5.41 Å². The largest absolute Gasteiger partial charge is 0.396 e. The van der Waals surface area contributed by atoms with E-state index >= 15 is 0 Å². The van der Waals surface area contributed by atoms with Crippen molar-refractivity contribution in [2.75, 3.05) is 17.6 Å². The van der Waals surface area contributed by atoms with Crippen LogP contribution in [0.25, 0.3) is 0 Å². The summed E-state index contributed by atoms with van der Waals surface area (Å²) in [6.07, 6.45) is 5.10. The average Bonchev–Trinajstić information content (AvgIpc) is 2.31. The van der Waals surface area contributed by atoms with Crippen LogP contribution in [-0.4, -0.2) is 6.54 Å². The number of benzene rings is 1. The van der Waals surface area contributed by atoms with Crippen LogP contribution in [0.3, 0.4) is 0 Å². The zero-order valence-corrected chi connectivity index (χ0v) is 12.5. The van der Waals surface area contributed by atoms with Gasteiger partial charge in [0.1, 0.15) is 0 Å². The van der Waals surface area contributed by atoms with Gasteiger partial charge < -0.3 is 11.1 Å². The SMILES string of the molecule is CCCCCC(C)(C)CNc1cccc(Cl)c1N. The minimum absolute atomic E-state index is 0.282. The summed E-state index contributed by atoms with van der Waals surface area (Å²) < 4.78 is 0. The predicted octanol–water partition coefficient (Wildman–Crippen LogP) is 4.94. The first kappa shape index (κ1) is 15.2. The lowest BCUT2D eigenvalue weighted by Crippen LogP contribution is -2.23. The molecule has 0 unspecified atom stereocenters. The summed E-state index contributed by atoms with van der Waals surface area (Å²) in [6, 6.07) is 5.71. The molecule has 3 N–H and O–H groups in total. The summed E-state index contributed by atoms with van der Waals surface area (Å²) in [7, 11) is 0. The maximum Gasteiger partial charge on any atom is 0.0739 e. The first-order valence-electron chi connectivity index (χ1n) is 6.74. The van der Waals surface area contributed by atoms with Crippen LogP contribution >= 0.6 is 11.6 Å². The molecule has 0 aliphatic carbocycles. The minimum Gasteiger partial charge on any atom is -0.396 e. The highest BCUT2D eigenvalue weighted by molar-refractivity contribution is 6.33. The summed E-state index contributed by atoms with van der Waals surface area (Å²) >= 11 is 6.00. The van der Waals surface area contributed by atoms with E-state index in [2.05, 4.69) is 26.1 Å². The van der Waals surface area contributed by atoms with Crippen molar-refractivity contribution in [2.45, 2.75) is 46.5 Å². The van der Waals surface area contributed by atoms with E-state index in [1.54, 1.807) is 0 Å². The van der Waals surface area contributed by atoms with Crippen LogP contribution in [0.5, 0.6) is 0 Å². The van der Waals surface area contributed by atoms with Gasteiger partial charge in [0, 0.05) is 6.54 Å². The molecular formula is C15H25ClN2. The van der Waals surface area contributed by atoms with Gasteiger partial charge in [0.2, 0.25) is 0 Å². The summed E-state index contributed by atoms with van der Waals surface area (Å²) in [5.74, 6) is 0. The van der Waals surface area contributed by atoms with Gasteiger partial charge in [-0.1, -0.05) is 57.7 Å². The number of unbranched alkanes of at least 4 members (excludes halogenated alkanes) is 2. The summed E-state index contributed by atoms with van der Waals surface area (Å²) in [5.41, 5.74) is 7.80. The van der Waals surface area contributed by atoms with E-state index in [1.165, 1.54) is 25.7 Å². The molecule has 0 aromatic heterocycles. The maximum absolute atomic E-state index is 6.00.